The monoisotopic (exact) mass is 476 g/mol. The molecule has 1 aromatic carbocycles. The second-order valence-electron chi connectivity index (χ2n) is 8.53. The quantitative estimate of drug-likeness (QED) is 0.383. The molecule has 1 aromatic heterocycles. The number of halogens is 1. The molecule has 3 heterocycles. The van der Waals surface area contributed by atoms with Crippen molar-refractivity contribution >= 4 is 23.4 Å². The summed E-state index contributed by atoms with van der Waals surface area (Å²) < 4.78 is 10.8. The second-order valence-corrected chi connectivity index (χ2v) is 10.0. The smallest absolute Gasteiger partial charge is 0.187 e. The van der Waals surface area contributed by atoms with Gasteiger partial charge in [-0.25, -0.2) is 9.97 Å². The summed E-state index contributed by atoms with van der Waals surface area (Å²) in [4.78, 5) is 14.4. The van der Waals surface area contributed by atoms with E-state index in [-0.39, 0.29) is 0 Å². The highest BCUT2D eigenvalue weighted by molar-refractivity contribution is 7.99. The SMILES string of the molecule is COc1cc(Cl)c(CN2CCC[C@@H](c3ccnc(SCCN4CCCC4)n3)C2)cc1OC. The first-order chi connectivity index (χ1) is 15.7. The summed E-state index contributed by atoms with van der Waals surface area (Å²) in [6.07, 6.45) is 6.90. The molecule has 32 heavy (non-hydrogen) atoms. The molecular formula is C24H33ClN4O2S. The summed E-state index contributed by atoms with van der Waals surface area (Å²) in [5.74, 6) is 2.85. The Morgan fingerprint density at radius 1 is 1.06 bits per heavy atom. The van der Waals surface area contributed by atoms with Crippen molar-refractivity contribution in [3.63, 3.8) is 0 Å². The zero-order valence-corrected chi connectivity index (χ0v) is 20.6. The lowest BCUT2D eigenvalue weighted by atomic mass is 9.94. The van der Waals surface area contributed by atoms with Crippen molar-refractivity contribution < 1.29 is 9.47 Å². The van der Waals surface area contributed by atoms with Crippen LogP contribution in [0.2, 0.25) is 5.02 Å². The third kappa shape index (κ3) is 6.07. The van der Waals surface area contributed by atoms with Crippen LogP contribution in [0.15, 0.2) is 29.6 Å². The Hall–Kier alpha value is -1.54. The highest BCUT2D eigenvalue weighted by Gasteiger charge is 2.24. The Morgan fingerprint density at radius 3 is 2.59 bits per heavy atom. The fourth-order valence-corrected chi connectivity index (χ4v) is 5.67. The molecule has 0 unspecified atom stereocenters. The van der Waals surface area contributed by atoms with Gasteiger partial charge in [0.15, 0.2) is 16.7 Å². The largest absolute Gasteiger partial charge is 0.493 e. The molecule has 8 heteroatoms. The van der Waals surface area contributed by atoms with E-state index in [4.69, 9.17) is 26.1 Å². The maximum atomic E-state index is 6.54. The number of ether oxygens (including phenoxy) is 2. The van der Waals surface area contributed by atoms with Crippen LogP contribution in [0, 0.1) is 0 Å². The number of nitrogens with zero attached hydrogens (tertiary/aromatic N) is 4. The first-order valence-electron chi connectivity index (χ1n) is 11.5. The van der Waals surface area contributed by atoms with Gasteiger partial charge in [-0.2, -0.15) is 0 Å². The fourth-order valence-electron chi connectivity index (χ4n) is 4.62. The van der Waals surface area contributed by atoms with E-state index in [1.165, 1.54) is 25.9 Å². The first-order valence-corrected chi connectivity index (χ1v) is 12.8. The van der Waals surface area contributed by atoms with Crippen LogP contribution in [0.5, 0.6) is 11.5 Å². The summed E-state index contributed by atoms with van der Waals surface area (Å²) in [5.41, 5.74) is 2.22. The summed E-state index contributed by atoms with van der Waals surface area (Å²) in [6, 6.07) is 5.92. The van der Waals surface area contributed by atoms with Gasteiger partial charge in [-0.3, -0.25) is 4.90 Å². The molecule has 2 aliphatic rings. The van der Waals surface area contributed by atoms with Crippen LogP contribution >= 0.6 is 23.4 Å². The van der Waals surface area contributed by atoms with E-state index in [1.54, 1.807) is 26.0 Å². The third-order valence-corrected chi connectivity index (χ3v) is 7.56. The Bertz CT molecular complexity index is 894. The Balaban J connectivity index is 1.36. The molecule has 174 valence electrons. The molecular weight excluding hydrogens is 444 g/mol. The van der Waals surface area contributed by atoms with Gasteiger partial charge in [0.1, 0.15) is 0 Å². The maximum Gasteiger partial charge on any atom is 0.187 e. The van der Waals surface area contributed by atoms with Gasteiger partial charge in [-0.15, -0.1) is 0 Å². The predicted octanol–water partition coefficient (Wildman–Crippen LogP) is 4.71. The molecule has 2 aromatic rings. The van der Waals surface area contributed by atoms with Gasteiger partial charge in [0.05, 0.1) is 14.2 Å². The van der Waals surface area contributed by atoms with Gasteiger partial charge < -0.3 is 14.4 Å². The van der Waals surface area contributed by atoms with Crippen LogP contribution < -0.4 is 9.47 Å². The molecule has 4 rings (SSSR count). The minimum atomic E-state index is 0.420. The van der Waals surface area contributed by atoms with Gasteiger partial charge in [0, 0.05) is 54.3 Å². The molecule has 2 fully saturated rings. The normalized spacial score (nSPS) is 19.9. The zero-order chi connectivity index (χ0) is 22.3. The van der Waals surface area contributed by atoms with Gasteiger partial charge in [-0.1, -0.05) is 23.4 Å². The lowest BCUT2D eigenvalue weighted by Crippen LogP contribution is -2.34. The number of likely N-dealkylation sites (tertiary alicyclic amines) is 2. The van der Waals surface area contributed by atoms with E-state index >= 15 is 0 Å². The van der Waals surface area contributed by atoms with Crippen LogP contribution in [0.1, 0.15) is 42.9 Å². The lowest BCUT2D eigenvalue weighted by molar-refractivity contribution is 0.198. The van der Waals surface area contributed by atoms with Crippen LogP contribution in [-0.4, -0.2) is 72.5 Å². The van der Waals surface area contributed by atoms with Crippen molar-refractivity contribution in [3.05, 3.63) is 40.7 Å². The Labute approximate surface area is 200 Å². The van der Waals surface area contributed by atoms with Crippen molar-refractivity contribution in [3.8, 4) is 11.5 Å². The highest BCUT2D eigenvalue weighted by atomic mass is 35.5. The number of hydrogen-bond donors (Lipinski definition) is 0. The van der Waals surface area contributed by atoms with E-state index in [0.717, 1.165) is 61.2 Å². The fraction of sp³-hybridized carbons (Fsp3) is 0.583. The van der Waals surface area contributed by atoms with E-state index < -0.39 is 0 Å². The molecule has 2 saturated heterocycles. The average Bonchev–Trinajstić information content (AvgIpc) is 3.34. The topological polar surface area (TPSA) is 50.7 Å². The lowest BCUT2D eigenvalue weighted by Gasteiger charge is -2.32. The second kappa shape index (κ2) is 11.5. The predicted molar refractivity (Wildman–Crippen MR) is 130 cm³/mol. The summed E-state index contributed by atoms with van der Waals surface area (Å²) >= 11 is 8.31. The van der Waals surface area contributed by atoms with Crippen molar-refractivity contribution in [1.29, 1.82) is 0 Å². The van der Waals surface area contributed by atoms with Crippen LogP contribution in [0.3, 0.4) is 0 Å². The standard InChI is InChI=1S/C24H33ClN4O2S/c1-30-22-14-19(20(25)15-23(22)31-2)17-29-11-5-6-18(16-29)21-7-8-26-24(27-21)32-13-12-28-9-3-4-10-28/h7-8,14-15,18H,3-6,9-13,16-17H2,1-2H3/t18-/m1/s1. The minimum absolute atomic E-state index is 0.420. The van der Waals surface area contributed by atoms with Crippen molar-refractivity contribution in [2.45, 2.75) is 43.3 Å². The highest BCUT2D eigenvalue weighted by Crippen LogP contribution is 2.35. The van der Waals surface area contributed by atoms with Gasteiger partial charge in [0.2, 0.25) is 0 Å². The van der Waals surface area contributed by atoms with Crippen molar-refractivity contribution in [1.82, 2.24) is 19.8 Å². The van der Waals surface area contributed by atoms with Crippen molar-refractivity contribution in [2.24, 2.45) is 0 Å². The number of benzene rings is 1. The summed E-state index contributed by atoms with van der Waals surface area (Å²) in [5, 5.41) is 1.62. The molecule has 0 radical (unpaired) electrons. The molecule has 1 atom stereocenters. The van der Waals surface area contributed by atoms with E-state index in [2.05, 4.69) is 20.9 Å². The molecule has 0 bridgehead atoms. The van der Waals surface area contributed by atoms with E-state index in [9.17, 15) is 0 Å². The number of aromatic nitrogens is 2. The number of thioether (sulfide) groups is 1. The third-order valence-electron chi connectivity index (χ3n) is 6.36. The van der Waals surface area contributed by atoms with Gasteiger partial charge in [0.25, 0.3) is 0 Å². The maximum absolute atomic E-state index is 6.54. The van der Waals surface area contributed by atoms with Crippen LogP contribution in [-0.2, 0) is 6.54 Å². The Morgan fingerprint density at radius 2 is 1.81 bits per heavy atom. The van der Waals surface area contributed by atoms with Crippen LogP contribution in [0.25, 0.3) is 0 Å². The average molecular weight is 477 g/mol. The van der Waals surface area contributed by atoms with Gasteiger partial charge >= 0.3 is 0 Å². The molecule has 0 amide bonds. The number of rotatable bonds is 9. The molecule has 0 N–H and O–H groups in total. The minimum Gasteiger partial charge on any atom is -0.493 e. The number of methoxy groups -OCH3 is 2. The molecule has 0 aliphatic carbocycles. The summed E-state index contributed by atoms with van der Waals surface area (Å²) in [7, 11) is 3.28. The molecule has 6 nitrogen and oxygen atoms in total. The first kappa shape index (κ1) is 23.6. The summed E-state index contributed by atoms with van der Waals surface area (Å²) in [6.45, 7) is 6.43. The number of hydrogen-bond acceptors (Lipinski definition) is 7. The van der Waals surface area contributed by atoms with Crippen LogP contribution in [0.4, 0.5) is 0 Å². The molecule has 0 saturated carbocycles. The van der Waals surface area contributed by atoms with E-state index in [0.29, 0.717) is 22.4 Å². The van der Waals surface area contributed by atoms with Crippen molar-refractivity contribution in [2.75, 3.05) is 52.7 Å². The van der Waals surface area contributed by atoms with Gasteiger partial charge in [-0.05, 0) is 63.0 Å². The zero-order valence-electron chi connectivity index (χ0n) is 19.1. The molecule has 0 spiro atoms. The number of piperidine rings is 1. The Kier molecular flexibility index (Phi) is 8.52. The molecule has 2 aliphatic heterocycles. The van der Waals surface area contributed by atoms with E-state index in [1.807, 2.05) is 18.3 Å².